The second-order valence-electron chi connectivity index (χ2n) is 3.94. The summed E-state index contributed by atoms with van der Waals surface area (Å²) in [5.74, 6) is 1.53. The van der Waals surface area contributed by atoms with Crippen LogP contribution in [0.2, 0.25) is 0 Å². The van der Waals surface area contributed by atoms with Crippen molar-refractivity contribution in [2.45, 2.75) is 19.8 Å². The molecule has 0 radical (unpaired) electrons. The van der Waals surface area contributed by atoms with E-state index in [9.17, 15) is 0 Å². The Balaban J connectivity index is 1.98. The fourth-order valence-corrected chi connectivity index (χ4v) is 1.67. The number of oxime groups is 1. The lowest BCUT2D eigenvalue weighted by atomic mass is 10.1. The van der Waals surface area contributed by atoms with Crippen molar-refractivity contribution in [1.29, 1.82) is 0 Å². The molecule has 1 heterocycles. The summed E-state index contributed by atoms with van der Waals surface area (Å²) < 4.78 is 5.57. The van der Waals surface area contributed by atoms with Gasteiger partial charge in [0.1, 0.15) is 11.5 Å². The Kier molecular flexibility index (Phi) is 3.60. The second-order valence-corrected chi connectivity index (χ2v) is 3.94. The van der Waals surface area contributed by atoms with E-state index in [4.69, 9.17) is 9.62 Å². The molecule has 3 heteroatoms. The van der Waals surface area contributed by atoms with Crippen LogP contribution in [0.4, 0.5) is 0 Å². The minimum Gasteiger partial charge on any atom is -0.460 e. The van der Waals surface area contributed by atoms with Gasteiger partial charge in [0.2, 0.25) is 0 Å². The van der Waals surface area contributed by atoms with Crippen LogP contribution in [0.1, 0.15) is 24.0 Å². The number of furan rings is 1. The van der Waals surface area contributed by atoms with Crippen molar-refractivity contribution in [3.8, 4) is 0 Å². The van der Waals surface area contributed by atoms with Crippen molar-refractivity contribution in [3.63, 3.8) is 0 Å². The maximum absolute atomic E-state index is 8.63. The highest BCUT2D eigenvalue weighted by atomic mass is 16.4. The third-order valence-electron chi connectivity index (χ3n) is 2.67. The molecular weight excluding hydrogens is 214 g/mol. The van der Waals surface area contributed by atoms with E-state index in [2.05, 4.69) is 17.3 Å². The van der Waals surface area contributed by atoms with E-state index in [1.165, 1.54) is 5.56 Å². The van der Waals surface area contributed by atoms with E-state index in [-0.39, 0.29) is 0 Å². The summed E-state index contributed by atoms with van der Waals surface area (Å²) >= 11 is 0. The van der Waals surface area contributed by atoms with Crippen LogP contribution >= 0.6 is 0 Å². The summed E-state index contributed by atoms with van der Waals surface area (Å²) in [6.45, 7) is 1.71. The van der Waals surface area contributed by atoms with Crippen LogP contribution in [0.5, 0.6) is 0 Å². The number of hydrogen-bond donors (Lipinski definition) is 1. The molecule has 0 bridgehead atoms. The fourth-order valence-electron chi connectivity index (χ4n) is 1.67. The Morgan fingerprint density at radius 1 is 1.12 bits per heavy atom. The zero-order valence-corrected chi connectivity index (χ0v) is 9.76. The van der Waals surface area contributed by atoms with E-state index in [0.29, 0.717) is 11.5 Å². The van der Waals surface area contributed by atoms with Gasteiger partial charge in [-0.25, -0.2) is 0 Å². The van der Waals surface area contributed by atoms with Gasteiger partial charge in [0, 0.05) is 6.42 Å². The fraction of sp³-hybridized carbons (Fsp3) is 0.214. The van der Waals surface area contributed by atoms with E-state index in [0.717, 1.165) is 18.6 Å². The van der Waals surface area contributed by atoms with Gasteiger partial charge in [-0.2, -0.15) is 0 Å². The van der Waals surface area contributed by atoms with Gasteiger partial charge in [0.15, 0.2) is 5.76 Å². The first kappa shape index (κ1) is 11.5. The molecule has 3 nitrogen and oxygen atoms in total. The third kappa shape index (κ3) is 2.97. The first-order chi connectivity index (χ1) is 8.29. The van der Waals surface area contributed by atoms with Gasteiger partial charge in [-0.3, -0.25) is 0 Å². The number of aryl methyl sites for hydroxylation is 2. The number of rotatable bonds is 4. The van der Waals surface area contributed by atoms with Gasteiger partial charge in [0.25, 0.3) is 0 Å². The van der Waals surface area contributed by atoms with Crippen molar-refractivity contribution in [3.05, 3.63) is 59.5 Å². The number of hydrogen-bond acceptors (Lipinski definition) is 3. The number of benzene rings is 1. The molecule has 0 unspecified atom stereocenters. The Morgan fingerprint density at radius 3 is 2.59 bits per heavy atom. The molecule has 1 aromatic carbocycles. The molecule has 2 aromatic rings. The first-order valence-electron chi connectivity index (χ1n) is 5.61. The first-order valence-corrected chi connectivity index (χ1v) is 5.61. The molecule has 1 aromatic heterocycles. The summed E-state index contributed by atoms with van der Waals surface area (Å²) in [6, 6.07) is 14.0. The highest BCUT2D eigenvalue weighted by molar-refractivity contribution is 5.95. The molecule has 88 valence electrons. The van der Waals surface area contributed by atoms with Crippen LogP contribution in [0.15, 0.2) is 52.0 Å². The van der Waals surface area contributed by atoms with Crippen molar-refractivity contribution in [2.24, 2.45) is 5.16 Å². The van der Waals surface area contributed by atoms with Crippen LogP contribution in [0, 0.1) is 0 Å². The summed E-state index contributed by atoms with van der Waals surface area (Å²) in [4.78, 5) is 0. The molecule has 0 aliphatic heterocycles. The maximum Gasteiger partial charge on any atom is 0.151 e. The van der Waals surface area contributed by atoms with E-state index in [1.54, 1.807) is 6.92 Å². The molecule has 0 aliphatic rings. The van der Waals surface area contributed by atoms with Crippen LogP contribution in [0.3, 0.4) is 0 Å². The van der Waals surface area contributed by atoms with Gasteiger partial charge in [0.05, 0.1) is 0 Å². The van der Waals surface area contributed by atoms with Gasteiger partial charge in [-0.05, 0) is 31.0 Å². The molecule has 1 N–H and O–H groups in total. The lowest BCUT2D eigenvalue weighted by Crippen LogP contribution is -1.91. The molecule has 0 aliphatic carbocycles. The SMILES string of the molecule is C/C(=N\O)c1ccc(CCc2ccccc2)o1. The Bertz CT molecular complexity index is 500. The zero-order chi connectivity index (χ0) is 12.1. The standard InChI is InChI=1S/C14H15NO2/c1-11(15-16)14-10-9-13(17-14)8-7-12-5-3-2-4-6-12/h2-6,9-10,16H,7-8H2,1H3/b15-11+. The summed E-state index contributed by atoms with van der Waals surface area (Å²) in [7, 11) is 0. The average molecular weight is 229 g/mol. The molecule has 0 spiro atoms. The molecule has 0 saturated carbocycles. The second kappa shape index (κ2) is 5.34. The van der Waals surface area contributed by atoms with Gasteiger partial charge in [-0.1, -0.05) is 35.5 Å². The molecule has 0 saturated heterocycles. The Hall–Kier alpha value is -2.03. The smallest absolute Gasteiger partial charge is 0.151 e. The highest BCUT2D eigenvalue weighted by Crippen LogP contribution is 2.12. The summed E-state index contributed by atoms with van der Waals surface area (Å²) in [5.41, 5.74) is 1.79. The van der Waals surface area contributed by atoms with Crippen LogP contribution in [-0.4, -0.2) is 10.9 Å². The van der Waals surface area contributed by atoms with Crippen molar-refractivity contribution in [1.82, 2.24) is 0 Å². The third-order valence-corrected chi connectivity index (χ3v) is 2.67. The van der Waals surface area contributed by atoms with Crippen molar-refractivity contribution < 1.29 is 9.62 Å². The summed E-state index contributed by atoms with van der Waals surface area (Å²) in [6.07, 6.45) is 1.80. The monoisotopic (exact) mass is 229 g/mol. The zero-order valence-electron chi connectivity index (χ0n) is 9.76. The predicted molar refractivity (Wildman–Crippen MR) is 66.6 cm³/mol. The van der Waals surface area contributed by atoms with Crippen LogP contribution in [0.25, 0.3) is 0 Å². The maximum atomic E-state index is 8.63. The average Bonchev–Trinajstić information content (AvgIpc) is 2.85. The normalized spacial score (nSPS) is 11.7. The minimum absolute atomic E-state index is 0.496. The summed E-state index contributed by atoms with van der Waals surface area (Å²) in [5, 5.41) is 11.7. The molecular formula is C14H15NO2. The van der Waals surface area contributed by atoms with Gasteiger partial charge >= 0.3 is 0 Å². The topological polar surface area (TPSA) is 45.7 Å². The van der Waals surface area contributed by atoms with Crippen molar-refractivity contribution >= 4 is 5.71 Å². The lowest BCUT2D eigenvalue weighted by Gasteiger charge is -1.98. The van der Waals surface area contributed by atoms with Gasteiger partial charge < -0.3 is 9.62 Å². The Labute approximate surface area is 100 Å². The molecule has 17 heavy (non-hydrogen) atoms. The molecule has 0 amide bonds. The van der Waals surface area contributed by atoms with Crippen LogP contribution < -0.4 is 0 Å². The highest BCUT2D eigenvalue weighted by Gasteiger charge is 2.05. The van der Waals surface area contributed by atoms with E-state index < -0.39 is 0 Å². The quantitative estimate of drug-likeness (QED) is 0.497. The van der Waals surface area contributed by atoms with E-state index >= 15 is 0 Å². The van der Waals surface area contributed by atoms with Crippen molar-refractivity contribution in [2.75, 3.05) is 0 Å². The lowest BCUT2D eigenvalue weighted by molar-refractivity contribution is 0.317. The minimum atomic E-state index is 0.496. The molecule has 0 atom stereocenters. The molecule has 2 rings (SSSR count). The number of nitrogens with zero attached hydrogens (tertiary/aromatic N) is 1. The largest absolute Gasteiger partial charge is 0.460 e. The predicted octanol–water partition coefficient (Wildman–Crippen LogP) is 3.26. The molecule has 0 fully saturated rings. The Morgan fingerprint density at radius 2 is 1.88 bits per heavy atom. The van der Waals surface area contributed by atoms with Crippen LogP contribution in [-0.2, 0) is 12.8 Å². The van der Waals surface area contributed by atoms with Gasteiger partial charge in [-0.15, -0.1) is 0 Å². The van der Waals surface area contributed by atoms with E-state index in [1.807, 2.05) is 30.3 Å².